The van der Waals surface area contributed by atoms with Gasteiger partial charge in [-0.25, -0.2) is 8.42 Å². The van der Waals surface area contributed by atoms with Crippen LogP contribution in [0.15, 0.2) is 71.8 Å². The number of benzene rings is 3. The molecule has 0 aliphatic rings. The number of hydrogen-bond acceptors (Lipinski definition) is 3. The van der Waals surface area contributed by atoms with E-state index in [1.165, 1.54) is 9.87 Å². The van der Waals surface area contributed by atoms with Crippen LogP contribution in [0.2, 0.25) is 0 Å². The number of hydrogen-bond donors (Lipinski definition) is 1. The molecule has 0 aliphatic carbocycles. The molecule has 1 N–H and O–H groups in total. The van der Waals surface area contributed by atoms with Crippen LogP contribution in [0.1, 0.15) is 26.3 Å². The lowest BCUT2D eigenvalue weighted by atomic mass is 10.1. The molecule has 4 aromatic rings. The van der Waals surface area contributed by atoms with E-state index < -0.39 is 10.0 Å². The smallest absolute Gasteiger partial charge is 0.264 e. The SMILES string of the molecule is CCN(CC)CCc1c[nH]c2ccc(N(CC)S(=O)(=O)c3ccc4ccccc4c3)cc12. The Bertz CT molecular complexity index is 1320. The third-order valence-corrected chi connectivity index (χ3v) is 8.13. The molecule has 168 valence electrons. The predicted molar refractivity (Wildman–Crippen MR) is 134 cm³/mol. The van der Waals surface area contributed by atoms with Crippen molar-refractivity contribution in [3.8, 4) is 0 Å². The molecule has 0 aliphatic heterocycles. The number of aromatic nitrogens is 1. The number of fused-ring (bicyclic) bond motifs is 2. The maximum atomic E-state index is 13.6. The number of likely N-dealkylation sites (N-methyl/N-ethyl adjacent to an activating group) is 1. The minimum Gasteiger partial charge on any atom is -0.361 e. The van der Waals surface area contributed by atoms with Crippen LogP contribution in [0, 0.1) is 0 Å². The second-order valence-electron chi connectivity index (χ2n) is 8.00. The lowest BCUT2D eigenvalue weighted by molar-refractivity contribution is 0.308. The standard InChI is InChI=1S/C26H31N3O2S/c1-4-28(5-2)16-15-22-19-27-26-14-12-23(18-25(22)26)29(6-3)32(30,31)24-13-11-20-9-7-8-10-21(20)17-24/h7-14,17-19,27H,4-6,15-16H2,1-3H3. The van der Waals surface area contributed by atoms with Crippen LogP contribution in [0.5, 0.6) is 0 Å². The molecule has 6 heteroatoms. The van der Waals surface area contributed by atoms with Crippen molar-refractivity contribution in [3.63, 3.8) is 0 Å². The first kappa shape index (κ1) is 22.4. The molecule has 0 saturated heterocycles. The van der Waals surface area contributed by atoms with Gasteiger partial charge in [0.2, 0.25) is 0 Å². The zero-order valence-electron chi connectivity index (χ0n) is 19.0. The number of H-pyrrole nitrogens is 1. The van der Waals surface area contributed by atoms with Crippen molar-refractivity contribution in [2.24, 2.45) is 0 Å². The summed E-state index contributed by atoms with van der Waals surface area (Å²) in [6.07, 6.45) is 2.97. The first-order valence-corrected chi connectivity index (χ1v) is 12.8. The summed E-state index contributed by atoms with van der Waals surface area (Å²) < 4.78 is 28.6. The summed E-state index contributed by atoms with van der Waals surface area (Å²) in [6.45, 7) is 9.62. The monoisotopic (exact) mass is 449 g/mol. The highest BCUT2D eigenvalue weighted by Crippen LogP contribution is 2.30. The summed E-state index contributed by atoms with van der Waals surface area (Å²) in [5.41, 5.74) is 2.94. The van der Waals surface area contributed by atoms with E-state index in [-0.39, 0.29) is 0 Å². The molecule has 0 bridgehead atoms. The van der Waals surface area contributed by atoms with Gasteiger partial charge in [-0.15, -0.1) is 0 Å². The van der Waals surface area contributed by atoms with Gasteiger partial charge in [-0.05, 0) is 73.1 Å². The number of sulfonamides is 1. The molecule has 0 fully saturated rings. The first-order chi connectivity index (χ1) is 15.5. The maximum Gasteiger partial charge on any atom is 0.264 e. The van der Waals surface area contributed by atoms with Crippen LogP contribution >= 0.6 is 0 Å². The molecule has 4 rings (SSSR count). The van der Waals surface area contributed by atoms with E-state index in [1.54, 1.807) is 12.1 Å². The van der Waals surface area contributed by atoms with E-state index in [0.29, 0.717) is 17.1 Å². The molecule has 1 heterocycles. The summed E-state index contributed by atoms with van der Waals surface area (Å²) in [6, 6.07) is 19.0. The van der Waals surface area contributed by atoms with Crippen LogP contribution in [0.4, 0.5) is 5.69 Å². The summed E-state index contributed by atoms with van der Waals surface area (Å²) in [4.78, 5) is 6.04. The van der Waals surface area contributed by atoms with Crippen molar-refractivity contribution in [2.75, 3.05) is 30.5 Å². The van der Waals surface area contributed by atoms with Crippen molar-refractivity contribution >= 4 is 37.4 Å². The molecule has 32 heavy (non-hydrogen) atoms. The molecular formula is C26H31N3O2S. The third kappa shape index (κ3) is 4.25. The summed E-state index contributed by atoms with van der Waals surface area (Å²) >= 11 is 0. The second kappa shape index (κ2) is 9.35. The third-order valence-electron chi connectivity index (χ3n) is 6.23. The molecule has 1 aromatic heterocycles. The van der Waals surface area contributed by atoms with Crippen molar-refractivity contribution in [1.29, 1.82) is 0 Å². The normalized spacial score (nSPS) is 12.1. The molecule has 3 aromatic carbocycles. The predicted octanol–water partition coefficient (Wildman–Crippen LogP) is 5.42. The zero-order chi connectivity index (χ0) is 22.7. The quantitative estimate of drug-likeness (QED) is 0.371. The van der Waals surface area contributed by atoms with Gasteiger partial charge in [-0.3, -0.25) is 4.31 Å². The van der Waals surface area contributed by atoms with Crippen molar-refractivity contribution in [3.05, 3.63) is 72.4 Å². The average molecular weight is 450 g/mol. The number of rotatable bonds is 9. The number of nitrogens with zero attached hydrogens (tertiary/aromatic N) is 2. The minimum absolute atomic E-state index is 0.314. The van der Waals surface area contributed by atoms with E-state index in [9.17, 15) is 8.42 Å². The Hall–Kier alpha value is -2.83. The molecule has 0 atom stereocenters. The Labute approximate surface area is 190 Å². The van der Waals surface area contributed by atoms with Crippen LogP contribution in [0.25, 0.3) is 21.7 Å². The van der Waals surface area contributed by atoms with Crippen LogP contribution < -0.4 is 4.31 Å². The van der Waals surface area contributed by atoms with E-state index >= 15 is 0 Å². The van der Waals surface area contributed by atoms with E-state index in [0.717, 1.165) is 47.7 Å². The molecule has 5 nitrogen and oxygen atoms in total. The van der Waals surface area contributed by atoms with Crippen LogP contribution in [0.3, 0.4) is 0 Å². The molecule has 0 saturated carbocycles. The second-order valence-corrected chi connectivity index (χ2v) is 9.86. The number of nitrogens with one attached hydrogen (secondary N) is 1. The number of anilines is 1. The Morgan fingerprint density at radius 3 is 2.31 bits per heavy atom. The highest BCUT2D eigenvalue weighted by Gasteiger charge is 2.24. The van der Waals surface area contributed by atoms with E-state index in [1.807, 2.05) is 61.7 Å². The fourth-order valence-electron chi connectivity index (χ4n) is 4.29. The fourth-order valence-corrected chi connectivity index (χ4v) is 5.79. The van der Waals surface area contributed by atoms with Gasteiger partial charge in [-0.1, -0.05) is 44.2 Å². The first-order valence-electron chi connectivity index (χ1n) is 11.3. The van der Waals surface area contributed by atoms with Gasteiger partial charge in [0.05, 0.1) is 10.6 Å². The van der Waals surface area contributed by atoms with Gasteiger partial charge < -0.3 is 9.88 Å². The molecule has 0 radical (unpaired) electrons. The largest absolute Gasteiger partial charge is 0.361 e. The van der Waals surface area contributed by atoms with E-state index in [4.69, 9.17) is 0 Å². The summed E-state index contributed by atoms with van der Waals surface area (Å²) in [5.74, 6) is 0. The molecule has 0 amide bonds. The van der Waals surface area contributed by atoms with Crippen LogP contribution in [-0.2, 0) is 16.4 Å². The topological polar surface area (TPSA) is 56.4 Å². The Morgan fingerprint density at radius 2 is 1.59 bits per heavy atom. The molecular weight excluding hydrogens is 418 g/mol. The maximum absolute atomic E-state index is 13.6. The Balaban J connectivity index is 1.69. The lowest BCUT2D eigenvalue weighted by Gasteiger charge is -2.23. The van der Waals surface area contributed by atoms with Gasteiger partial charge in [0.1, 0.15) is 0 Å². The average Bonchev–Trinajstić information content (AvgIpc) is 3.22. The zero-order valence-corrected chi connectivity index (χ0v) is 19.8. The Morgan fingerprint density at radius 1 is 0.844 bits per heavy atom. The van der Waals surface area contributed by atoms with Crippen molar-refractivity contribution in [1.82, 2.24) is 9.88 Å². The lowest BCUT2D eigenvalue weighted by Crippen LogP contribution is -2.30. The highest BCUT2D eigenvalue weighted by atomic mass is 32.2. The van der Waals surface area contributed by atoms with Gasteiger partial charge >= 0.3 is 0 Å². The van der Waals surface area contributed by atoms with Crippen molar-refractivity contribution < 1.29 is 8.42 Å². The number of aromatic amines is 1. The van der Waals surface area contributed by atoms with Gasteiger partial charge in [0, 0.05) is 30.2 Å². The fraction of sp³-hybridized carbons (Fsp3) is 0.308. The van der Waals surface area contributed by atoms with Gasteiger partial charge in [0.25, 0.3) is 10.0 Å². The minimum atomic E-state index is -3.68. The molecule has 0 spiro atoms. The van der Waals surface area contributed by atoms with Gasteiger partial charge in [-0.2, -0.15) is 0 Å². The van der Waals surface area contributed by atoms with Crippen molar-refractivity contribution in [2.45, 2.75) is 32.1 Å². The molecule has 0 unspecified atom stereocenters. The highest BCUT2D eigenvalue weighted by molar-refractivity contribution is 7.92. The summed E-state index contributed by atoms with van der Waals surface area (Å²) in [7, 11) is -3.68. The van der Waals surface area contributed by atoms with Crippen LogP contribution in [-0.4, -0.2) is 44.5 Å². The van der Waals surface area contributed by atoms with E-state index in [2.05, 4.69) is 23.7 Å². The summed E-state index contributed by atoms with van der Waals surface area (Å²) in [5, 5.41) is 3.03. The Kier molecular flexibility index (Phi) is 6.53. The van der Waals surface area contributed by atoms with Gasteiger partial charge in [0.15, 0.2) is 0 Å².